The van der Waals surface area contributed by atoms with Crippen molar-refractivity contribution in [2.24, 2.45) is 7.05 Å². The Labute approximate surface area is 134 Å². The normalized spacial score (nSPS) is 12.3. The number of anilines is 1. The van der Waals surface area contributed by atoms with Crippen LogP contribution in [0.5, 0.6) is 0 Å². The zero-order chi connectivity index (χ0) is 15.8. The first-order valence-corrected chi connectivity index (χ1v) is 9.95. The number of sulfonamides is 1. The van der Waals surface area contributed by atoms with Crippen molar-refractivity contribution in [1.82, 2.24) is 9.78 Å². The molecule has 0 aliphatic rings. The third-order valence-electron chi connectivity index (χ3n) is 2.52. The van der Waals surface area contributed by atoms with Crippen molar-refractivity contribution >= 4 is 51.4 Å². The molecule has 114 valence electrons. The Balaban J connectivity index is 2.39. The molecule has 1 aromatic carbocycles. The molecule has 0 saturated carbocycles. The maximum absolute atomic E-state index is 12.2. The molecule has 0 atom stereocenters. The highest BCUT2D eigenvalue weighted by Gasteiger charge is 2.20. The molecule has 0 bridgehead atoms. The van der Waals surface area contributed by atoms with Gasteiger partial charge in [-0.1, -0.05) is 0 Å². The zero-order valence-corrected chi connectivity index (χ0v) is 14.5. The molecule has 2 rings (SSSR count). The molecule has 0 fully saturated rings. The third kappa shape index (κ3) is 3.57. The van der Waals surface area contributed by atoms with E-state index in [4.69, 9.17) is 10.7 Å². The number of halogens is 2. The van der Waals surface area contributed by atoms with Crippen LogP contribution >= 0.6 is 26.6 Å². The van der Waals surface area contributed by atoms with Crippen LogP contribution in [0, 0.1) is 0 Å². The van der Waals surface area contributed by atoms with E-state index in [0.717, 1.165) is 0 Å². The molecule has 11 heteroatoms. The van der Waals surface area contributed by atoms with E-state index >= 15 is 0 Å². The minimum atomic E-state index is -3.88. The van der Waals surface area contributed by atoms with E-state index in [2.05, 4.69) is 25.8 Å². The Morgan fingerprint density at radius 3 is 2.38 bits per heavy atom. The summed E-state index contributed by atoms with van der Waals surface area (Å²) in [5.74, 6) is 0. The summed E-state index contributed by atoms with van der Waals surface area (Å²) in [5, 5.41) is 3.76. The van der Waals surface area contributed by atoms with E-state index in [-0.39, 0.29) is 20.1 Å². The van der Waals surface area contributed by atoms with Crippen LogP contribution in [0.4, 0.5) is 5.69 Å². The van der Waals surface area contributed by atoms with Gasteiger partial charge >= 0.3 is 0 Å². The van der Waals surface area contributed by atoms with Crippen LogP contribution in [-0.2, 0) is 26.1 Å². The number of nitrogens with one attached hydrogen (secondary N) is 1. The average Bonchev–Trinajstić information content (AvgIpc) is 2.77. The van der Waals surface area contributed by atoms with Gasteiger partial charge in [0.05, 0.1) is 16.8 Å². The Bertz CT molecular complexity index is 893. The molecule has 0 radical (unpaired) electrons. The molecular weight excluding hydrogens is 406 g/mol. The van der Waals surface area contributed by atoms with Gasteiger partial charge < -0.3 is 0 Å². The summed E-state index contributed by atoms with van der Waals surface area (Å²) in [6.45, 7) is 0. The van der Waals surface area contributed by atoms with Crippen LogP contribution in [0.3, 0.4) is 0 Å². The van der Waals surface area contributed by atoms with Crippen LogP contribution in [0.25, 0.3) is 0 Å². The Morgan fingerprint density at radius 1 is 1.24 bits per heavy atom. The fourth-order valence-corrected chi connectivity index (χ4v) is 4.30. The van der Waals surface area contributed by atoms with Crippen molar-refractivity contribution in [2.45, 2.75) is 9.92 Å². The molecule has 0 saturated heterocycles. The Kier molecular flexibility index (Phi) is 4.34. The number of nitrogens with zero attached hydrogens (tertiary/aromatic N) is 2. The molecule has 0 aliphatic heterocycles. The fourth-order valence-electron chi connectivity index (χ4n) is 1.55. The zero-order valence-electron chi connectivity index (χ0n) is 10.5. The van der Waals surface area contributed by atoms with E-state index in [1.165, 1.54) is 42.2 Å². The third-order valence-corrected chi connectivity index (χ3v) is 5.96. The van der Waals surface area contributed by atoms with Crippen molar-refractivity contribution in [3.63, 3.8) is 0 Å². The number of rotatable bonds is 4. The van der Waals surface area contributed by atoms with Gasteiger partial charge in [0, 0.05) is 22.2 Å². The van der Waals surface area contributed by atoms with Crippen molar-refractivity contribution in [3.05, 3.63) is 34.9 Å². The highest BCUT2D eigenvalue weighted by Crippen LogP contribution is 2.29. The maximum Gasteiger partial charge on any atom is 0.279 e. The van der Waals surface area contributed by atoms with Crippen molar-refractivity contribution in [3.8, 4) is 0 Å². The lowest BCUT2D eigenvalue weighted by atomic mass is 10.3. The van der Waals surface area contributed by atoms with Gasteiger partial charge in [0.1, 0.15) is 0 Å². The summed E-state index contributed by atoms with van der Waals surface area (Å²) in [5.41, 5.74) is 0.181. The van der Waals surface area contributed by atoms with E-state index < -0.39 is 19.1 Å². The Morgan fingerprint density at radius 2 is 1.90 bits per heavy atom. The lowest BCUT2D eigenvalue weighted by Crippen LogP contribution is -2.17. The summed E-state index contributed by atoms with van der Waals surface area (Å²) in [4.78, 5) is -0.139. The second-order valence-corrected chi connectivity index (χ2v) is 9.03. The van der Waals surface area contributed by atoms with Gasteiger partial charge in [0.15, 0.2) is 5.03 Å². The Hall–Kier alpha value is -1.10. The van der Waals surface area contributed by atoms with Crippen molar-refractivity contribution < 1.29 is 16.8 Å². The van der Waals surface area contributed by atoms with Crippen LogP contribution in [0.15, 0.2) is 44.9 Å². The lowest BCUT2D eigenvalue weighted by molar-refractivity contribution is 0.582. The summed E-state index contributed by atoms with van der Waals surface area (Å²) in [6.07, 6.45) is 1.35. The standard InChI is InChI=1S/C10H9BrClN3O4S2/c1-15-10(4-5-13-15)21(18,19)14-9-3-2-7(6-8(9)11)20(12,16)17/h2-6,14H,1H3. The smallest absolute Gasteiger partial charge is 0.277 e. The first-order chi connectivity index (χ1) is 9.61. The topological polar surface area (TPSA) is 98.1 Å². The molecule has 2 aromatic rings. The van der Waals surface area contributed by atoms with Gasteiger partial charge in [-0.05, 0) is 40.2 Å². The van der Waals surface area contributed by atoms with Gasteiger partial charge in [-0.15, -0.1) is 0 Å². The number of hydrogen-bond donors (Lipinski definition) is 1. The number of hydrogen-bond acceptors (Lipinski definition) is 5. The summed E-state index contributed by atoms with van der Waals surface area (Å²) in [7, 11) is -1.01. The van der Waals surface area contributed by atoms with Crippen LogP contribution < -0.4 is 4.72 Å². The number of aromatic nitrogens is 2. The molecular formula is C10H9BrClN3O4S2. The predicted octanol–water partition coefficient (Wildman–Crippen LogP) is 1.91. The quantitative estimate of drug-likeness (QED) is 0.771. The van der Waals surface area contributed by atoms with Gasteiger partial charge in [-0.3, -0.25) is 9.40 Å². The molecule has 0 amide bonds. The maximum atomic E-state index is 12.2. The fraction of sp³-hybridized carbons (Fsp3) is 0.100. The molecule has 1 N–H and O–H groups in total. The molecule has 7 nitrogen and oxygen atoms in total. The minimum absolute atomic E-state index is 0.0246. The van der Waals surface area contributed by atoms with Crippen LogP contribution in [0.2, 0.25) is 0 Å². The van der Waals surface area contributed by atoms with E-state index in [0.29, 0.717) is 0 Å². The molecule has 0 unspecified atom stereocenters. The van der Waals surface area contributed by atoms with Gasteiger partial charge in [-0.2, -0.15) is 13.5 Å². The van der Waals surface area contributed by atoms with Crippen molar-refractivity contribution in [1.29, 1.82) is 0 Å². The number of benzene rings is 1. The lowest BCUT2D eigenvalue weighted by Gasteiger charge is -2.10. The molecule has 21 heavy (non-hydrogen) atoms. The molecule has 0 aliphatic carbocycles. The van der Waals surface area contributed by atoms with Gasteiger partial charge in [-0.25, -0.2) is 8.42 Å². The first-order valence-electron chi connectivity index (χ1n) is 5.36. The second kappa shape index (κ2) is 5.59. The van der Waals surface area contributed by atoms with Gasteiger partial charge in [0.25, 0.3) is 19.1 Å². The number of aryl methyl sites for hydroxylation is 1. The molecule has 1 aromatic heterocycles. The SMILES string of the molecule is Cn1nccc1S(=O)(=O)Nc1ccc(S(=O)(=O)Cl)cc1Br. The van der Waals surface area contributed by atoms with Gasteiger partial charge in [0.2, 0.25) is 0 Å². The van der Waals surface area contributed by atoms with Crippen LogP contribution in [0.1, 0.15) is 0 Å². The van der Waals surface area contributed by atoms with E-state index in [1.807, 2.05) is 0 Å². The molecule has 0 spiro atoms. The minimum Gasteiger partial charge on any atom is -0.277 e. The van der Waals surface area contributed by atoms with E-state index in [1.54, 1.807) is 0 Å². The monoisotopic (exact) mass is 413 g/mol. The summed E-state index contributed by atoms with van der Waals surface area (Å²) >= 11 is 3.10. The largest absolute Gasteiger partial charge is 0.279 e. The predicted molar refractivity (Wildman–Crippen MR) is 81.2 cm³/mol. The van der Waals surface area contributed by atoms with E-state index in [9.17, 15) is 16.8 Å². The van der Waals surface area contributed by atoms with Crippen molar-refractivity contribution in [2.75, 3.05) is 4.72 Å². The van der Waals surface area contributed by atoms with Crippen LogP contribution in [-0.4, -0.2) is 26.6 Å². The average molecular weight is 415 g/mol. The molecule has 1 heterocycles. The summed E-state index contributed by atoms with van der Waals surface area (Å²) < 4.78 is 50.6. The summed E-state index contributed by atoms with van der Waals surface area (Å²) in [6, 6.07) is 5.05. The highest BCUT2D eigenvalue weighted by molar-refractivity contribution is 9.10. The first kappa shape index (κ1) is 16.3. The second-order valence-electron chi connectivity index (χ2n) is 3.98. The highest BCUT2D eigenvalue weighted by atomic mass is 79.9.